The quantitative estimate of drug-likeness (QED) is 0.517. The van der Waals surface area contributed by atoms with Gasteiger partial charge in [0, 0.05) is 5.56 Å². The lowest BCUT2D eigenvalue weighted by Gasteiger charge is -2.01. The van der Waals surface area contributed by atoms with E-state index in [2.05, 4.69) is 20.7 Å². The molecule has 0 amide bonds. The SMILES string of the molecule is Cc1nnc(NN=Cc2c(Cl)cccc2Cl)n1N.Cl. The third-order valence-corrected chi connectivity index (χ3v) is 2.88. The summed E-state index contributed by atoms with van der Waals surface area (Å²) >= 11 is 12.0. The van der Waals surface area contributed by atoms with Crippen LogP contribution in [0, 0.1) is 6.92 Å². The molecule has 2 rings (SSSR count). The lowest BCUT2D eigenvalue weighted by Crippen LogP contribution is -2.13. The van der Waals surface area contributed by atoms with E-state index in [1.807, 2.05) is 0 Å². The van der Waals surface area contributed by atoms with Crippen molar-refractivity contribution in [2.45, 2.75) is 6.92 Å². The van der Waals surface area contributed by atoms with Crippen molar-refractivity contribution in [3.05, 3.63) is 39.6 Å². The number of benzene rings is 1. The second kappa shape index (κ2) is 6.60. The molecule has 0 unspecified atom stereocenters. The average molecular weight is 322 g/mol. The van der Waals surface area contributed by atoms with Crippen molar-refractivity contribution < 1.29 is 0 Å². The Hall–Kier alpha value is -1.50. The highest BCUT2D eigenvalue weighted by Crippen LogP contribution is 2.22. The topological polar surface area (TPSA) is 81.1 Å². The van der Waals surface area contributed by atoms with E-state index in [1.54, 1.807) is 25.1 Å². The van der Waals surface area contributed by atoms with Crippen LogP contribution >= 0.6 is 35.6 Å². The van der Waals surface area contributed by atoms with Crippen LogP contribution in [0.3, 0.4) is 0 Å². The largest absolute Gasteiger partial charge is 0.335 e. The fourth-order valence-corrected chi connectivity index (χ4v) is 1.73. The first-order valence-corrected chi connectivity index (χ1v) is 5.75. The van der Waals surface area contributed by atoms with Crippen molar-refractivity contribution in [2.75, 3.05) is 11.3 Å². The lowest BCUT2D eigenvalue weighted by molar-refractivity contribution is 0.926. The van der Waals surface area contributed by atoms with Gasteiger partial charge in [-0.2, -0.15) is 5.10 Å². The van der Waals surface area contributed by atoms with E-state index >= 15 is 0 Å². The van der Waals surface area contributed by atoms with Crippen molar-refractivity contribution in [2.24, 2.45) is 5.10 Å². The highest BCUT2D eigenvalue weighted by Gasteiger charge is 2.04. The molecule has 1 aromatic heterocycles. The summed E-state index contributed by atoms with van der Waals surface area (Å²) in [5.74, 6) is 6.54. The number of hydrazone groups is 1. The van der Waals surface area contributed by atoms with E-state index in [4.69, 9.17) is 29.0 Å². The van der Waals surface area contributed by atoms with E-state index in [0.717, 1.165) is 0 Å². The maximum Gasteiger partial charge on any atom is 0.263 e. The zero-order valence-corrected chi connectivity index (χ0v) is 12.2. The van der Waals surface area contributed by atoms with Crippen LogP contribution in [0.1, 0.15) is 11.4 Å². The smallest absolute Gasteiger partial charge is 0.263 e. The van der Waals surface area contributed by atoms with E-state index in [9.17, 15) is 0 Å². The van der Waals surface area contributed by atoms with Gasteiger partial charge in [-0.15, -0.1) is 22.6 Å². The molecule has 0 atom stereocenters. The summed E-state index contributed by atoms with van der Waals surface area (Å²) in [6.07, 6.45) is 1.49. The number of halogens is 3. The standard InChI is InChI=1S/C10H10Cl2N6.ClH/c1-6-15-17-10(18(6)13)16-14-5-7-8(11)3-2-4-9(7)12;/h2-5H,13H2,1H3,(H,16,17);1H. The van der Waals surface area contributed by atoms with Gasteiger partial charge in [-0.05, 0) is 19.1 Å². The van der Waals surface area contributed by atoms with Crippen molar-refractivity contribution in [3.63, 3.8) is 0 Å². The lowest BCUT2D eigenvalue weighted by atomic mass is 10.2. The molecule has 102 valence electrons. The first-order valence-electron chi connectivity index (χ1n) is 5.00. The number of nitrogens with one attached hydrogen (secondary N) is 1. The summed E-state index contributed by atoms with van der Waals surface area (Å²) < 4.78 is 1.28. The molecule has 6 nitrogen and oxygen atoms in total. The number of aromatic nitrogens is 3. The number of anilines is 1. The van der Waals surface area contributed by atoms with Gasteiger partial charge in [-0.1, -0.05) is 29.3 Å². The minimum atomic E-state index is 0. The van der Waals surface area contributed by atoms with Gasteiger partial charge in [-0.3, -0.25) is 0 Å². The van der Waals surface area contributed by atoms with Crippen LogP contribution in [-0.2, 0) is 0 Å². The second-order valence-corrected chi connectivity index (χ2v) is 4.26. The van der Waals surface area contributed by atoms with Gasteiger partial charge in [0.25, 0.3) is 5.95 Å². The fraction of sp³-hybridized carbons (Fsp3) is 0.100. The maximum atomic E-state index is 5.99. The molecule has 0 aliphatic carbocycles. The molecule has 0 radical (unpaired) electrons. The van der Waals surface area contributed by atoms with E-state index in [-0.39, 0.29) is 12.4 Å². The Balaban J connectivity index is 0.00000180. The summed E-state index contributed by atoms with van der Waals surface area (Å²) in [6, 6.07) is 5.21. The Morgan fingerprint density at radius 3 is 2.47 bits per heavy atom. The van der Waals surface area contributed by atoms with E-state index in [1.165, 1.54) is 10.9 Å². The van der Waals surface area contributed by atoms with Gasteiger partial charge in [0.2, 0.25) is 0 Å². The molecule has 0 saturated heterocycles. The van der Waals surface area contributed by atoms with Crippen molar-refractivity contribution in [1.29, 1.82) is 0 Å². The predicted octanol–water partition coefficient (Wildman–Crippen LogP) is 2.47. The van der Waals surface area contributed by atoms with Crippen LogP contribution in [0.15, 0.2) is 23.3 Å². The summed E-state index contributed by atoms with van der Waals surface area (Å²) in [5.41, 5.74) is 3.27. The van der Waals surface area contributed by atoms with Gasteiger partial charge >= 0.3 is 0 Å². The van der Waals surface area contributed by atoms with Gasteiger partial charge < -0.3 is 5.84 Å². The van der Waals surface area contributed by atoms with Gasteiger partial charge in [0.05, 0.1) is 16.3 Å². The van der Waals surface area contributed by atoms with E-state index < -0.39 is 0 Å². The van der Waals surface area contributed by atoms with Crippen LogP contribution in [0.25, 0.3) is 0 Å². The number of nitrogens with two attached hydrogens (primary N) is 1. The molecule has 1 heterocycles. The van der Waals surface area contributed by atoms with Gasteiger partial charge in [0.1, 0.15) is 0 Å². The summed E-state index contributed by atoms with van der Waals surface area (Å²) in [6.45, 7) is 1.73. The Bertz CT molecular complexity index is 575. The van der Waals surface area contributed by atoms with Crippen LogP contribution in [0.2, 0.25) is 10.0 Å². The first kappa shape index (κ1) is 15.6. The maximum absolute atomic E-state index is 5.99. The Kier molecular flexibility index (Phi) is 5.41. The third kappa shape index (κ3) is 3.50. The van der Waals surface area contributed by atoms with Crippen molar-refractivity contribution in [3.8, 4) is 0 Å². The normalized spacial score (nSPS) is 10.5. The Morgan fingerprint density at radius 1 is 1.32 bits per heavy atom. The van der Waals surface area contributed by atoms with Crippen LogP contribution in [-0.4, -0.2) is 21.1 Å². The molecule has 19 heavy (non-hydrogen) atoms. The highest BCUT2D eigenvalue weighted by molar-refractivity contribution is 6.38. The number of hydrogen-bond donors (Lipinski definition) is 2. The Labute approximate surface area is 126 Å². The second-order valence-electron chi connectivity index (χ2n) is 3.45. The summed E-state index contributed by atoms with van der Waals surface area (Å²) in [4.78, 5) is 0. The molecule has 0 spiro atoms. The number of nitrogen functional groups attached to an aromatic ring is 1. The first-order chi connectivity index (χ1) is 8.59. The van der Waals surface area contributed by atoms with Gasteiger partial charge in [-0.25, -0.2) is 10.1 Å². The number of rotatable bonds is 3. The molecule has 0 aliphatic rings. The van der Waals surface area contributed by atoms with Crippen LogP contribution < -0.4 is 11.3 Å². The number of hydrogen-bond acceptors (Lipinski definition) is 5. The number of aryl methyl sites for hydroxylation is 1. The molecule has 3 N–H and O–H groups in total. The average Bonchev–Trinajstić information content (AvgIpc) is 2.65. The molecule has 0 aliphatic heterocycles. The van der Waals surface area contributed by atoms with E-state index in [0.29, 0.717) is 27.4 Å². The Morgan fingerprint density at radius 2 is 1.95 bits per heavy atom. The highest BCUT2D eigenvalue weighted by atomic mass is 35.5. The molecule has 9 heteroatoms. The molecule has 1 aromatic carbocycles. The van der Waals surface area contributed by atoms with Gasteiger partial charge in [0.15, 0.2) is 5.82 Å². The summed E-state index contributed by atoms with van der Waals surface area (Å²) in [5, 5.41) is 12.6. The molecule has 0 fully saturated rings. The summed E-state index contributed by atoms with van der Waals surface area (Å²) in [7, 11) is 0. The molecular weight excluding hydrogens is 311 g/mol. The third-order valence-electron chi connectivity index (χ3n) is 2.22. The fourth-order valence-electron chi connectivity index (χ4n) is 1.23. The van der Waals surface area contributed by atoms with Crippen molar-refractivity contribution >= 4 is 47.8 Å². The molecule has 2 aromatic rings. The zero-order valence-electron chi connectivity index (χ0n) is 9.84. The van der Waals surface area contributed by atoms with Crippen LogP contribution in [0.4, 0.5) is 5.95 Å². The van der Waals surface area contributed by atoms with Crippen molar-refractivity contribution in [1.82, 2.24) is 14.9 Å². The minimum Gasteiger partial charge on any atom is -0.335 e. The van der Waals surface area contributed by atoms with Crippen LogP contribution in [0.5, 0.6) is 0 Å². The molecule has 0 bridgehead atoms. The minimum absolute atomic E-state index is 0. The predicted molar refractivity (Wildman–Crippen MR) is 79.8 cm³/mol. The monoisotopic (exact) mass is 320 g/mol. The molecule has 0 saturated carbocycles. The zero-order chi connectivity index (χ0) is 13.1. The molecular formula is C10H11Cl3N6. The number of nitrogens with zero attached hydrogens (tertiary/aromatic N) is 4.